The number of phenolic OH excluding ortho intramolecular Hbond substituents is 2. The molecule has 0 atom stereocenters. The summed E-state index contributed by atoms with van der Waals surface area (Å²) in [4.78, 5) is 11.2. The van der Waals surface area contributed by atoms with Gasteiger partial charge in [-0.05, 0) is 19.1 Å². The van der Waals surface area contributed by atoms with Gasteiger partial charge in [0.1, 0.15) is 6.07 Å². The summed E-state index contributed by atoms with van der Waals surface area (Å²) in [6, 6.07) is 5.92. The van der Waals surface area contributed by atoms with Crippen LogP contribution in [0.1, 0.15) is 12.5 Å². The molecule has 0 saturated heterocycles. The van der Waals surface area contributed by atoms with Crippen LogP contribution >= 0.6 is 0 Å². The maximum Gasteiger partial charge on any atom is 0.332 e. The SMILES string of the molecule is CCOC(=O)C=C(C#N)c1cccc(O)c1O. The summed E-state index contributed by atoms with van der Waals surface area (Å²) in [5.74, 6) is -1.47. The lowest BCUT2D eigenvalue weighted by molar-refractivity contribution is -0.137. The molecule has 0 bridgehead atoms. The Labute approximate surface area is 98.2 Å². The first-order chi connectivity index (χ1) is 8.10. The summed E-state index contributed by atoms with van der Waals surface area (Å²) < 4.78 is 4.66. The molecule has 1 aromatic rings. The number of carbonyl (C=O) groups excluding carboxylic acids is 1. The smallest absolute Gasteiger partial charge is 0.332 e. The molecule has 0 radical (unpaired) electrons. The highest BCUT2D eigenvalue weighted by atomic mass is 16.5. The molecule has 0 aliphatic heterocycles. The number of hydrogen-bond donors (Lipinski definition) is 2. The third-order valence-corrected chi connectivity index (χ3v) is 1.97. The normalized spacial score (nSPS) is 10.7. The van der Waals surface area contributed by atoms with Gasteiger partial charge in [0.15, 0.2) is 11.5 Å². The van der Waals surface area contributed by atoms with Gasteiger partial charge in [0.2, 0.25) is 0 Å². The minimum atomic E-state index is -0.674. The lowest BCUT2D eigenvalue weighted by Gasteiger charge is -2.04. The molecule has 88 valence electrons. The van der Waals surface area contributed by atoms with E-state index in [4.69, 9.17) is 5.26 Å². The molecule has 0 fully saturated rings. The number of nitrogens with zero attached hydrogens (tertiary/aromatic N) is 1. The number of aromatic hydroxyl groups is 2. The van der Waals surface area contributed by atoms with Crippen LogP contribution in [0.4, 0.5) is 0 Å². The third kappa shape index (κ3) is 2.98. The van der Waals surface area contributed by atoms with E-state index in [0.29, 0.717) is 0 Å². The van der Waals surface area contributed by atoms with Crippen LogP contribution < -0.4 is 0 Å². The van der Waals surface area contributed by atoms with Crippen molar-refractivity contribution in [3.8, 4) is 17.6 Å². The van der Waals surface area contributed by atoms with Gasteiger partial charge < -0.3 is 14.9 Å². The average molecular weight is 233 g/mol. The van der Waals surface area contributed by atoms with E-state index >= 15 is 0 Å². The van der Waals surface area contributed by atoms with Gasteiger partial charge in [0, 0.05) is 11.6 Å². The van der Waals surface area contributed by atoms with Gasteiger partial charge >= 0.3 is 5.97 Å². The zero-order chi connectivity index (χ0) is 12.8. The molecule has 5 nitrogen and oxygen atoms in total. The number of ether oxygens (including phenoxy) is 1. The number of para-hydroxylation sites is 1. The molecule has 2 N–H and O–H groups in total. The summed E-state index contributed by atoms with van der Waals surface area (Å²) in [7, 11) is 0. The highest BCUT2D eigenvalue weighted by Crippen LogP contribution is 2.32. The zero-order valence-electron chi connectivity index (χ0n) is 9.17. The predicted octanol–water partition coefficient (Wildman–Crippen LogP) is 1.57. The molecule has 0 aliphatic carbocycles. The molecule has 1 aromatic carbocycles. The summed E-state index contributed by atoms with van der Waals surface area (Å²) in [6.45, 7) is 1.84. The van der Waals surface area contributed by atoms with E-state index in [1.54, 1.807) is 13.0 Å². The second kappa shape index (κ2) is 5.56. The van der Waals surface area contributed by atoms with E-state index in [0.717, 1.165) is 6.08 Å². The Morgan fingerprint density at radius 1 is 1.53 bits per heavy atom. The highest BCUT2D eigenvalue weighted by Gasteiger charge is 2.12. The standard InChI is InChI=1S/C12H11NO4/c1-2-17-11(15)6-8(7-13)9-4-3-5-10(14)12(9)16/h3-6,14,16H,2H2,1H3. The maximum atomic E-state index is 11.2. The number of hydrogen-bond acceptors (Lipinski definition) is 5. The minimum absolute atomic E-state index is 0.0724. The topological polar surface area (TPSA) is 90.6 Å². The minimum Gasteiger partial charge on any atom is -0.504 e. The van der Waals surface area contributed by atoms with Crippen molar-refractivity contribution in [1.82, 2.24) is 0 Å². The van der Waals surface area contributed by atoms with Crippen LogP contribution in [0, 0.1) is 11.3 Å². The number of esters is 1. The first-order valence-corrected chi connectivity index (χ1v) is 4.90. The fraction of sp³-hybridized carbons (Fsp3) is 0.167. The number of allylic oxidation sites excluding steroid dienone is 1. The molecule has 0 heterocycles. The number of carbonyl (C=O) groups is 1. The number of phenols is 2. The second-order valence-electron chi connectivity index (χ2n) is 3.10. The molecular formula is C12H11NO4. The summed E-state index contributed by atoms with van der Waals surface area (Å²) in [5.41, 5.74) is 0.0115. The van der Waals surface area contributed by atoms with Crippen LogP contribution in [0.3, 0.4) is 0 Å². The first-order valence-electron chi connectivity index (χ1n) is 4.90. The van der Waals surface area contributed by atoms with E-state index in [1.165, 1.54) is 18.2 Å². The fourth-order valence-corrected chi connectivity index (χ4v) is 1.22. The van der Waals surface area contributed by atoms with Gasteiger partial charge in [-0.15, -0.1) is 0 Å². The third-order valence-electron chi connectivity index (χ3n) is 1.97. The van der Waals surface area contributed by atoms with Crippen LogP contribution in [0.15, 0.2) is 24.3 Å². The van der Waals surface area contributed by atoms with Gasteiger partial charge in [0.25, 0.3) is 0 Å². The van der Waals surface area contributed by atoms with E-state index in [1.807, 2.05) is 0 Å². The molecular weight excluding hydrogens is 222 g/mol. The maximum absolute atomic E-state index is 11.2. The molecule has 0 aromatic heterocycles. The summed E-state index contributed by atoms with van der Waals surface area (Å²) in [6.07, 6.45) is 0.970. The van der Waals surface area contributed by atoms with Crippen LogP contribution in [-0.2, 0) is 9.53 Å². The van der Waals surface area contributed by atoms with Gasteiger partial charge in [-0.1, -0.05) is 6.07 Å². The second-order valence-corrected chi connectivity index (χ2v) is 3.10. The Balaban J connectivity index is 3.16. The Morgan fingerprint density at radius 3 is 2.82 bits per heavy atom. The first kappa shape index (κ1) is 12.6. The number of benzene rings is 1. The molecule has 0 aliphatic rings. The quantitative estimate of drug-likeness (QED) is 0.358. The Kier molecular flexibility index (Phi) is 4.12. The Hall–Kier alpha value is -2.48. The molecule has 0 unspecified atom stereocenters. The fourth-order valence-electron chi connectivity index (χ4n) is 1.22. The number of nitriles is 1. The van der Waals surface area contributed by atoms with Crippen LogP contribution in [0.2, 0.25) is 0 Å². The largest absolute Gasteiger partial charge is 0.504 e. The Morgan fingerprint density at radius 2 is 2.24 bits per heavy atom. The summed E-state index contributed by atoms with van der Waals surface area (Å²) >= 11 is 0. The van der Waals surface area contributed by atoms with Gasteiger partial charge in [-0.25, -0.2) is 4.79 Å². The van der Waals surface area contributed by atoms with Gasteiger partial charge in [-0.3, -0.25) is 0 Å². The molecule has 17 heavy (non-hydrogen) atoms. The monoisotopic (exact) mass is 233 g/mol. The van der Waals surface area contributed by atoms with Gasteiger partial charge in [0.05, 0.1) is 12.2 Å². The van der Waals surface area contributed by atoms with Crippen LogP contribution in [0.5, 0.6) is 11.5 Å². The lowest BCUT2D eigenvalue weighted by Crippen LogP contribution is -2.00. The van der Waals surface area contributed by atoms with Crippen molar-refractivity contribution in [3.05, 3.63) is 29.8 Å². The van der Waals surface area contributed by atoms with Crippen molar-refractivity contribution in [1.29, 1.82) is 5.26 Å². The molecule has 0 saturated carbocycles. The molecule has 5 heteroatoms. The Bertz CT molecular complexity index is 500. The van der Waals surface area contributed by atoms with Crippen molar-refractivity contribution in [2.45, 2.75) is 6.92 Å². The number of rotatable bonds is 3. The van der Waals surface area contributed by atoms with Gasteiger partial charge in [-0.2, -0.15) is 5.26 Å². The van der Waals surface area contributed by atoms with E-state index in [9.17, 15) is 15.0 Å². The molecule has 1 rings (SSSR count). The predicted molar refractivity (Wildman–Crippen MR) is 60.0 cm³/mol. The van der Waals surface area contributed by atoms with Crippen molar-refractivity contribution in [3.63, 3.8) is 0 Å². The molecule has 0 spiro atoms. The van der Waals surface area contributed by atoms with E-state index in [2.05, 4.69) is 4.74 Å². The lowest BCUT2D eigenvalue weighted by atomic mass is 10.1. The highest BCUT2D eigenvalue weighted by molar-refractivity contribution is 5.96. The van der Waals surface area contributed by atoms with E-state index in [-0.39, 0.29) is 23.5 Å². The van der Waals surface area contributed by atoms with E-state index < -0.39 is 11.7 Å². The zero-order valence-corrected chi connectivity index (χ0v) is 9.17. The van der Waals surface area contributed by atoms with Crippen LogP contribution in [-0.4, -0.2) is 22.8 Å². The average Bonchev–Trinajstić information content (AvgIpc) is 2.30. The van der Waals surface area contributed by atoms with Crippen molar-refractivity contribution >= 4 is 11.5 Å². The summed E-state index contributed by atoms with van der Waals surface area (Å²) in [5, 5.41) is 27.7. The van der Waals surface area contributed by atoms with Crippen molar-refractivity contribution in [2.24, 2.45) is 0 Å². The van der Waals surface area contributed by atoms with Crippen LogP contribution in [0.25, 0.3) is 5.57 Å². The van der Waals surface area contributed by atoms with Crippen molar-refractivity contribution < 1.29 is 19.7 Å². The van der Waals surface area contributed by atoms with Crippen molar-refractivity contribution in [2.75, 3.05) is 6.61 Å². The molecule has 0 amide bonds.